The zero-order valence-corrected chi connectivity index (χ0v) is 16.5. The highest BCUT2D eigenvalue weighted by Crippen LogP contribution is 2.33. The van der Waals surface area contributed by atoms with Gasteiger partial charge < -0.3 is 5.32 Å². The number of carbonyl (C=O) groups is 2. The van der Waals surface area contributed by atoms with Crippen molar-refractivity contribution in [3.8, 4) is 0 Å². The Morgan fingerprint density at radius 3 is 2.58 bits per heavy atom. The Bertz CT molecular complexity index is 847. The quantitative estimate of drug-likeness (QED) is 0.877. The van der Waals surface area contributed by atoms with Crippen LogP contribution in [0.4, 0.5) is 0 Å². The summed E-state index contributed by atoms with van der Waals surface area (Å²) in [4.78, 5) is 25.0. The van der Waals surface area contributed by atoms with Crippen LogP contribution in [0, 0.1) is 11.8 Å². The minimum absolute atomic E-state index is 0.0751. The fourth-order valence-corrected chi connectivity index (χ4v) is 5.73. The number of carbonyl (C=O) groups excluding carboxylic acids is 2. The molecule has 2 aliphatic rings. The second kappa shape index (κ2) is 6.68. The fraction of sp³-hybridized carbons (Fsp3) is 0.579. The summed E-state index contributed by atoms with van der Waals surface area (Å²) in [7, 11) is -3.90. The number of hydrogen-bond acceptors (Lipinski definition) is 4. The molecule has 1 saturated carbocycles. The van der Waals surface area contributed by atoms with Gasteiger partial charge in [-0.3, -0.25) is 9.59 Å². The molecule has 1 N–H and O–H groups in total. The molecule has 1 aliphatic heterocycles. The van der Waals surface area contributed by atoms with E-state index in [9.17, 15) is 18.0 Å². The number of nitrogens with one attached hydrogen (secondary N) is 1. The number of rotatable bonds is 3. The van der Waals surface area contributed by atoms with Crippen LogP contribution in [0.1, 0.15) is 67.7 Å². The van der Waals surface area contributed by atoms with Crippen LogP contribution < -0.4 is 5.32 Å². The minimum atomic E-state index is -3.90. The van der Waals surface area contributed by atoms with E-state index in [1.807, 2.05) is 0 Å². The molecular formula is C19H26N2O4S. The van der Waals surface area contributed by atoms with Crippen molar-refractivity contribution >= 4 is 21.8 Å². The summed E-state index contributed by atoms with van der Waals surface area (Å²) in [5.41, 5.74) is 0.408. The van der Waals surface area contributed by atoms with E-state index in [0.29, 0.717) is 11.8 Å². The predicted octanol–water partition coefficient (Wildman–Crippen LogP) is 2.79. The molecule has 3 unspecified atom stereocenters. The standard InChI is InChI=1S/C19H26N2O4S/c1-11(2)21-19(23)15-9-8-14(10-17(15)26(21,24)25)18(22)20-16-7-5-6-12(3)13(16)4/h8-13,16H,5-7H2,1-4H3,(H,20,22). The maximum atomic E-state index is 12.7. The molecule has 0 spiro atoms. The van der Waals surface area contributed by atoms with Gasteiger partial charge in [0.05, 0.1) is 5.56 Å². The summed E-state index contributed by atoms with van der Waals surface area (Å²) < 4.78 is 26.2. The molecule has 3 atom stereocenters. The lowest BCUT2D eigenvalue weighted by atomic mass is 9.78. The Labute approximate surface area is 155 Å². The summed E-state index contributed by atoms with van der Waals surface area (Å²) in [6, 6.07) is 3.92. The Hall–Kier alpha value is -1.89. The van der Waals surface area contributed by atoms with Crippen LogP contribution in [0.5, 0.6) is 0 Å². The Balaban J connectivity index is 1.87. The molecule has 142 valence electrons. The molecule has 1 heterocycles. The first kappa shape index (κ1) is 18.9. The number of hydrogen-bond donors (Lipinski definition) is 1. The Morgan fingerprint density at radius 2 is 1.92 bits per heavy atom. The number of sulfonamides is 1. The summed E-state index contributed by atoms with van der Waals surface area (Å²) in [5, 5.41) is 3.05. The van der Waals surface area contributed by atoms with Crippen molar-refractivity contribution in [3.63, 3.8) is 0 Å². The van der Waals surface area contributed by atoms with Crippen molar-refractivity contribution in [1.29, 1.82) is 0 Å². The number of amides is 2. The third kappa shape index (κ3) is 3.02. The lowest BCUT2D eigenvalue weighted by Crippen LogP contribution is -2.43. The van der Waals surface area contributed by atoms with E-state index in [2.05, 4.69) is 19.2 Å². The van der Waals surface area contributed by atoms with Crippen LogP contribution in [0.25, 0.3) is 0 Å². The molecule has 1 fully saturated rings. The molecule has 7 heteroatoms. The van der Waals surface area contributed by atoms with E-state index in [-0.39, 0.29) is 28.0 Å². The predicted molar refractivity (Wildman–Crippen MR) is 98.4 cm³/mol. The average Bonchev–Trinajstić information content (AvgIpc) is 2.77. The second-order valence-corrected chi connectivity index (χ2v) is 9.54. The van der Waals surface area contributed by atoms with Gasteiger partial charge in [0.2, 0.25) is 0 Å². The number of benzene rings is 1. The van der Waals surface area contributed by atoms with Gasteiger partial charge in [-0.2, -0.15) is 0 Å². The normalized spacial score (nSPS) is 27.5. The van der Waals surface area contributed by atoms with Gasteiger partial charge in [-0.1, -0.05) is 26.7 Å². The molecule has 2 amide bonds. The fourth-order valence-electron chi connectivity index (χ4n) is 3.94. The number of nitrogens with zero attached hydrogens (tertiary/aromatic N) is 1. The molecule has 26 heavy (non-hydrogen) atoms. The van der Waals surface area contributed by atoms with E-state index in [0.717, 1.165) is 23.6 Å². The van der Waals surface area contributed by atoms with Gasteiger partial charge in [0.1, 0.15) is 4.90 Å². The maximum absolute atomic E-state index is 12.7. The second-order valence-electron chi connectivity index (χ2n) is 7.76. The third-order valence-electron chi connectivity index (χ3n) is 5.70. The lowest BCUT2D eigenvalue weighted by molar-refractivity contribution is 0.0843. The largest absolute Gasteiger partial charge is 0.349 e. The van der Waals surface area contributed by atoms with Gasteiger partial charge in [0.25, 0.3) is 21.8 Å². The third-order valence-corrected chi connectivity index (χ3v) is 7.70. The van der Waals surface area contributed by atoms with E-state index in [4.69, 9.17) is 0 Å². The topological polar surface area (TPSA) is 83.6 Å². The van der Waals surface area contributed by atoms with E-state index < -0.39 is 22.0 Å². The zero-order chi connectivity index (χ0) is 19.2. The van der Waals surface area contributed by atoms with Gasteiger partial charge in [-0.25, -0.2) is 12.7 Å². The zero-order valence-electron chi connectivity index (χ0n) is 15.7. The molecule has 0 aromatic heterocycles. The first-order chi connectivity index (χ1) is 12.1. The highest BCUT2D eigenvalue weighted by atomic mass is 32.2. The van der Waals surface area contributed by atoms with Crippen LogP contribution in [-0.2, 0) is 10.0 Å². The van der Waals surface area contributed by atoms with Crippen LogP contribution >= 0.6 is 0 Å². The summed E-state index contributed by atoms with van der Waals surface area (Å²) >= 11 is 0. The van der Waals surface area contributed by atoms with E-state index >= 15 is 0 Å². The maximum Gasteiger partial charge on any atom is 0.269 e. The van der Waals surface area contributed by atoms with Crippen molar-refractivity contribution in [2.45, 2.75) is 63.9 Å². The number of fused-ring (bicyclic) bond motifs is 1. The van der Waals surface area contributed by atoms with Gasteiger partial charge in [-0.15, -0.1) is 0 Å². The molecular weight excluding hydrogens is 352 g/mol. The van der Waals surface area contributed by atoms with Gasteiger partial charge >= 0.3 is 0 Å². The molecule has 0 bridgehead atoms. The van der Waals surface area contributed by atoms with Crippen molar-refractivity contribution in [2.75, 3.05) is 0 Å². The van der Waals surface area contributed by atoms with Crippen molar-refractivity contribution < 1.29 is 18.0 Å². The Morgan fingerprint density at radius 1 is 1.23 bits per heavy atom. The molecule has 1 aliphatic carbocycles. The molecule has 0 radical (unpaired) electrons. The van der Waals surface area contributed by atoms with E-state index in [1.54, 1.807) is 13.8 Å². The van der Waals surface area contributed by atoms with Gasteiger partial charge in [0.15, 0.2) is 0 Å². The van der Waals surface area contributed by atoms with Crippen LogP contribution in [-0.4, -0.2) is 36.6 Å². The van der Waals surface area contributed by atoms with Crippen molar-refractivity contribution in [1.82, 2.24) is 9.62 Å². The molecule has 1 aromatic rings. The monoisotopic (exact) mass is 378 g/mol. The van der Waals surface area contributed by atoms with E-state index in [1.165, 1.54) is 18.2 Å². The molecule has 1 aromatic carbocycles. The van der Waals surface area contributed by atoms with Gasteiger partial charge in [-0.05, 0) is 50.3 Å². The SMILES string of the molecule is CC1CCCC(NC(=O)c2ccc3c(c2)S(=O)(=O)N(C(C)C)C3=O)C1C. The first-order valence-electron chi connectivity index (χ1n) is 9.18. The smallest absolute Gasteiger partial charge is 0.269 e. The van der Waals surface area contributed by atoms with Crippen LogP contribution in [0.3, 0.4) is 0 Å². The minimum Gasteiger partial charge on any atom is -0.349 e. The van der Waals surface area contributed by atoms with Crippen molar-refractivity contribution in [2.24, 2.45) is 11.8 Å². The van der Waals surface area contributed by atoms with Gasteiger partial charge in [0, 0.05) is 17.6 Å². The lowest BCUT2D eigenvalue weighted by Gasteiger charge is -2.34. The summed E-state index contributed by atoms with van der Waals surface area (Å²) in [6.45, 7) is 7.64. The molecule has 3 rings (SSSR count). The van der Waals surface area contributed by atoms with Crippen LogP contribution in [0.2, 0.25) is 0 Å². The summed E-state index contributed by atoms with van der Waals surface area (Å²) in [6.07, 6.45) is 3.17. The molecule has 0 saturated heterocycles. The first-order valence-corrected chi connectivity index (χ1v) is 10.6. The van der Waals surface area contributed by atoms with Crippen LogP contribution in [0.15, 0.2) is 23.1 Å². The summed E-state index contributed by atoms with van der Waals surface area (Å²) in [5.74, 6) is 0.108. The average molecular weight is 378 g/mol. The highest BCUT2D eigenvalue weighted by Gasteiger charge is 2.43. The van der Waals surface area contributed by atoms with Crippen molar-refractivity contribution in [3.05, 3.63) is 29.3 Å². The highest BCUT2D eigenvalue weighted by molar-refractivity contribution is 7.90. The molecule has 6 nitrogen and oxygen atoms in total. The Kier molecular flexibility index (Phi) is 4.86.